The molecule has 5 nitrogen and oxygen atoms in total. The van der Waals surface area contributed by atoms with Gasteiger partial charge < -0.3 is 13.9 Å². The molecule has 1 N–H and O–H groups in total. The van der Waals surface area contributed by atoms with E-state index in [2.05, 4.69) is 4.98 Å². The molecule has 0 radical (unpaired) electrons. The van der Waals surface area contributed by atoms with Gasteiger partial charge in [0, 0.05) is 11.6 Å². The third kappa shape index (κ3) is 3.80. The number of thioether (sulfide) groups is 1. The van der Waals surface area contributed by atoms with E-state index < -0.39 is 5.97 Å². The first kappa shape index (κ1) is 18.7. The molecule has 0 saturated carbocycles. The molecular formula is C20H11Cl2NO4S. The zero-order valence-electron chi connectivity index (χ0n) is 14.1. The Morgan fingerprint density at radius 2 is 1.86 bits per heavy atom. The first-order chi connectivity index (χ1) is 13.5. The van der Waals surface area contributed by atoms with E-state index in [0.717, 1.165) is 11.8 Å². The van der Waals surface area contributed by atoms with Crippen LogP contribution in [0.5, 0.6) is 0 Å². The van der Waals surface area contributed by atoms with Crippen LogP contribution in [-0.4, -0.2) is 16.1 Å². The van der Waals surface area contributed by atoms with E-state index >= 15 is 0 Å². The number of hydrogen-bond acceptors (Lipinski definition) is 5. The Labute approximate surface area is 173 Å². The van der Waals surface area contributed by atoms with Gasteiger partial charge in [-0.05, 0) is 48.2 Å². The van der Waals surface area contributed by atoms with E-state index in [0.29, 0.717) is 38.2 Å². The summed E-state index contributed by atoms with van der Waals surface area (Å²) in [5, 5.41) is 10.5. The Morgan fingerprint density at radius 1 is 1.04 bits per heavy atom. The van der Waals surface area contributed by atoms with Crippen LogP contribution in [0.2, 0.25) is 10.0 Å². The number of hydrogen-bond donors (Lipinski definition) is 1. The van der Waals surface area contributed by atoms with Gasteiger partial charge in [-0.1, -0.05) is 41.4 Å². The van der Waals surface area contributed by atoms with Gasteiger partial charge in [0.05, 0.1) is 10.0 Å². The molecule has 0 atom stereocenters. The quantitative estimate of drug-likeness (QED) is 0.282. The van der Waals surface area contributed by atoms with Gasteiger partial charge in [0.15, 0.2) is 5.58 Å². The summed E-state index contributed by atoms with van der Waals surface area (Å²) in [5.41, 5.74) is 1.87. The number of nitrogens with zero attached hydrogens (tertiary/aromatic N) is 1. The molecule has 0 aliphatic carbocycles. The van der Waals surface area contributed by atoms with E-state index in [4.69, 9.17) is 32.0 Å². The number of carboxylic acid groups (broad SMARTS) is 1. The van der Waals surface area contributed by atoms with Gasteiger partial charge in [0.2, 0.25) is 0 Å². The number of carboxylic acids is 1. The molecule has 4 aromatic rings. The molecule has 0 saturated heterocycles. The molecule has 2 aromatic heterocycles. The van der Waals surface area contributed by atoms with Crippen LogP contribution in [0, 0.1) is 0 Å². The fourth-order valence-corrected chi connectivity index (χ4v) is 3.64. The van der Waals surface area contributed by atoms with Crippen LogP contribution in [0.25, 0.3) is 28.5 Å². The third-order valence-electron chi connectivity index (χ3n) is 3.80. The normalized spacial score (nSPS) is 11.9. The Morgan fingerprint density at radius 3 is 2.64 bits per heavy atom. The lowest BCUT2D eigenvalue weighted by Gasteiger charge is -2.02. The Kier molecular flexibility index (Phi) is 5.17. The lowest BCUT2D eigenvalue weighted by atomic mass is 10.2. The molecule has 0 spiro atoms. The zero-order valence-corrected chi connectivity index (χ0v) is 16.4. The van der Waals surface area contributed by atoms with Crippen molar-refractivity contribution >= 4 is 58.1 Å². The van der Waals surface area contributed by atoms with Crippen molar-refractivity contribution in [3.8, 4) is 11.3 Å². The molecule has 4 rings (SSSR count). The molecule has 28 heavy (non-hydrogen) atoms. The second-order valence-electron chi connectivity index (χ2n) is 5.67. The van der Waals surface area contributed by atoms with Crippen LogP contribution < -0.4 is 0 Å². The van der Waals surface area contributed by atoms with Gasteiger partial charge in [-0.3, -0.25) is 0 Å². The molecule has 0 aliphatic rings. The molecule has 8 heteroatoms. The van der Waals surface area contributed by atoms with E-state index in [1.807, 2.05) is 12.1 Å². The van der Waals surface area contributed by atoms with E-state index in [-0.39, 0.29) is 10.1 Å². The second kappa shape index (κ2) is 7.75. The highest BCUT2D eigenvalue weighted by molar-refractivity contribution is 8.03. The van der Waals surface area contributed by atoms with Crippen LogP contribution in [0.4, 0.5) is 0 Å². The highest BCUT2D eigenvalue weighted by atomic mass is 35.5. The number of aromatic nitrogens is 1. The lowest BCUT2D eigenvalue weighted by Crippen LogP contribution is -1.96. The summed E-state index contributed by atoms with van der Waals surface area (Å²) < 4.78 is 11.3. The minimum Gasteiger partial charge on any atom is -0.477 e. The maximum absolute atomic E-state index is 11.7. The highest BCUT2D eigenvalue weighted by Gasteiger charge is 2.16. The summed E-state index contributed by atoms with van der Waals surface area (Å²) in [6, 6.07) is 15.8. The number of fused-ring (bicyclic) bond motifs is 1. The number of halogens is 2. The SMILES string of the molecule is O=C(O)/C(=C/c1ccc(-c2cccc(Cl)c2Cl)o1)Sc1nc2ccccc2o1. The van der Waals surface area contributed by atoms with Crippen molar-refractivity contribution in [1.29, 1.82) is 0 Å². The van der Waals surface area contributed by atoms with Crippen molar-refractivity contribution in [2.75, 3.05) is 0 Å². The second-order valence-corrected chi connectivity index (χ2v) is 7.45. The summed E-state index contributed by atoms with van der Waals surface area (Å²) in [5.74, 6) is -0.284. The number of benzene rings is 2. The van der Waals surface area contributed by atoms with Crippen molar-refractivity contribution < 1.29 is 18.7 Å². The van der Waals surface area contributed by atoms with E-state index in [1.165, 1.54) is 6.08 Å². The molecule has 0 amide bonds. The summed E-state index contributed by atoms with van der Waals surface area (Å²) >= 11 is 13.2. The number of furan rings is 1. The van der Waals surface area contributed by atoms with Crippen molar-refractivity contribution in [1.82, 2.24) is 4.98 Å². The van der Waals surface area contributed by atoms with Crippen LogP contribution in [-0.2, 0) is 4.79 Å². The van der Waals surface area contributed by atoms with Gasteiger partial charge in [-0.15, -0.1) is 0 Å². The number of aliphatic carboxylic acids is 1. The maximum Gasteiger partial charge on any atom is 0.342 e. The first-order valence-corrected chi connectivity index (χ1v) is 9.61. The van der Waals surface area contributed by atoms with Gasteiger partial charge in [-0.25, -0.2) is 9.78 Å². The average Bonchev–Trinajstić information content (AvgIpc) is 3.29. The fourth-order valence-electron chi connectivity index (χ4n) is 2.52. The molecule has 2 heterocycles. The number of para-hydroxylation sites is 2. The number of rotatable bonds is 5. The van der Waals surface area contributed by atoms with Crippen LogP contribution in [0.15, 0.2) is 73.6 Å². The number of carbonyl (C=O) groups is 1. The van der Waals surface area contributed by atoms with Crippen LogP contribution >= 0.6 is 35.0 Å². The smallest absolute Gasteiger partial charge is 0.342 e. The zero-order chi connectivity index (χ0) is 19.7. The Hall–Kier alpha value is -2.67. The predicted molar refractivity (Wildman–Crippen MR) is 110 cm³/mol. The molecular weight excluding hydrogens is 421 g/mol. The van der Waals surface area contributed by atoms with Gasteiger partial charge >= 0.3 is 5.97 Å². The summed E-state index contributed by atoms with van der Waals surface area (Å²) in [7, 11) is 0. The monoisotopic (exact) mass is 431 g/mol. The van der Waals surface area contributed by atoms with Crippen molar-refractivity contribution in [2.24, 2.45) is 0 Å². The topological polar surface area (TPSA) is 76.5 Å². The minimum absolute atomic E-state index is 0.00430. The summed E-state index contributed by atoms with van der Waals surface area (Å²) in [6.07, 6.45) is 1.41. The fraction of sp³-hybridized carbons (Fsp3) is 0. The van der Waals surface area contributed by atoms with Gasteiger partial charge in [-0.2, -0.15) is 0 Å². The van der Waals surface area contributed by atoms with Gasteiger partial charge in [0.25, 0.3) is 5.22 Å². The maximum atomic E-state index is 11.7. The van der Waals surface area contributed by atoms with Crippen LogP contribution in [0.1, 0.15) is 5.76 Å². The first-order valence-electron chi connectivity index (χ1n) is 8.04. The van der Waals surface area contributed by atoms with E-state index in [9.17, 15) is 9.90 Å². The van der Waals surface area contributed by atoms with E-state index in [1.54, 1.807) is 42.5 Å². The molecule has 0 unspecified atom stereocenters. The van der Waals surface area contributed by atoms with Crippen LogP contribution in [0.3, 0.4) is 0 Å². The number of oxazole rings is 1. The molecule has 2 aromatic carbocycles. The lowest BCUT2D eigenvalue weighted by molar-refractivity contribution is -0.131. The third-order valence-corrected chi connectivity index (χ3v) is 5.48. The predicted octanol–water partition coefficient (Wildman–Crippen LogP) is 6.61. The molecule has 140 valence electrons. The molecule has 0 bridgehead atoms. The van der Waals surface area contributed by atoms with Gasteiger partial charge in [0.1, 0.15) is 21.9 Å². The standard InChI is InChI=1S/C20H11Cl2NO4S/c21-13-5-3-4-12(18(13)22)15-9-8-11(26-15)10-17(19(24)25)28-20-23-14-6-1-2-7-16(14)27-20/h1-10H,(H,24,25)/b17-10-. The summed E-state index contributed by atoms with van der Waals surface area (Å²) in [4.78, 5) is 15.9. The molecule has 0 fully saturated rings. The van der Waals surface area contributed by atoms with Crippen molar-refractivity contribution in [3.63, 3.8) is 0 Å². The Balaban J connectivity index is 1.64. The average molecular weight is 432 g/mol. The summed E-state index contributed by atoms with van der Waals surface area (Å²) in [6.45, 7) is 0. The minimum atomic E-state index is -1.12. The van der Waals surface area contributed by atoms with Crippen molar-refractivity contribution in [3.05, 3.63) is 75.3 Å². The highest BCUT2D eigenvalue weighted by Crippen LogP contribution is 2.36. The van der Waals surface area contributed by atoms with Crippen molar-refractivity contribution in [2.45, 2.75) is 5.22 Å². The Bertz CT molecular complexity index is 1180. The largest absolute Gasteiger partial charge is 0.477 e. The molecule has 0 aliphatic heterocycles.